The van der Waals surface area contributed by atoms with E-state index in [1.54, 1.807) is 0 Å². The minimum Gasteiger partial charge on any atom is -0.465 e. The van der Waals surface area contributed by atoms with Gasteiger partial charge in [0.15, 0.2) is 0 Å². The molecule has 1 heterocycles. The number of anilines is 1. The Morgan fingerprint density at radius 1 is 1.38 bits per heavy atom. The maximum Gasteiger partial charge on any atom is 0.316 e. The van der Waals surface area contributed by atoms with Crippen LogP contribution in [0.5, 0.6) is 0 Å². The number of carbonyl (C=O) groups excluding carboxylic acids is 1. The minimum absolute atomic E-state index is 0.307. The maximum atomic E-state index is 11.7. The van der Waals surface area contributed by atoms with Crippen molar-refractivity contribution in [2.45, 2.75) is 18.9 Å². The van der Waals surface area contributed by atoms with E-state index in [2.05, 4.69) is 17.0 Å². The molecule has 0 amide bonds. The number of esters is 1. The summed E-state index contributed by atoms with van der Waals surface area (Å²) < 4.78 is 5.24. The lowest BCUT2D eigenvalue weighted by Gasteiger charge is -2.18. The fourth-order valence-electron chi connectivity index (χ4n) is 2.82. The zero-order valence-corrected chi connectivity index (χ0v) is 11.7. The summed E-state index contributed by atoms with van der Waals surface area (Å²) in [6.45, 7) is 2.18. The topological polar surface area (TPSA) is 72.7 Å². The Hall–Kier alpha value is -2.11. The van der Waals surface area contributed by atoms with Crippen LogP contribution < -0.4 is 4.90 Å². The van der Waals surface area contributed by atoms with Gasteiger partial charge in [-0.3, -0.25) is 14.9 Å². The van der Waals surface area contributed by atoms with Crippen LogP contribution in [0.4, 0.5) is 5.69 Å². The largest absolute Gasteiger partial charge is 0.465 e. The first-order valence-corrected chi connectivity index (χ1v) is 7.25. The Labute approximate surface area is 122 Å². The molecule has 21 heavy (non-hydrogen) atoms. The number of benzene rings is 1. The van der Waals surface area contributed by atoms with E-state index in [0.29, 0.717) is 18.9 Å². The number of carbonyl (C=O) groups is 1. The zero-order chi connectivity index (χ0) is 14.8. The number of hydrogen-bond acceptors (Lipinski definition) is 5. The van der Waals surface area contributed by atoms with Crippen LogP contribution in [0.15, 0.2) is 30.3 Å². The molecule has 0 radical (unpaired) electrons. The highest BCUT2D eigenvalue weighted by molar-refractivity contribution is 5.76. The number of hydrogen-bond donors (Lipinski definition) is 0. The van der Waals surface area contributed by atoms with Crippen LogP contribution in [0.2, 0.25) is 0 Å². The van der Waals surface area contributed by atoms with Crippen LogP contribution in [0.3, 0.4) is 0 Å². The molecule has 6 nitrogen and oxygen atoms in total. The molecule has 1 aromatic rings. The molecular weight excluding hydrogens is 272 g/mol. The Balaban J connectivity index is 1.43. The van der Waals surface area contributed by atoms with Gasteiger partial charge in [0.05, 0.1) is 6.61 Å². The average Bonchev–Trinajstić information content (AvgIpc) is 3.17. The van der Waals surface area contributed by atoms with E-state index in [1.165, 1.54) is 5.69 Å². The predicted octanol–water partition coefficient (Wildman–Crippen LogP) is 1.72. The van der Waals surface area contributed by atoms with E-state index in [9.17, 15) is 14.9 Å². The quantitative estimate of drug-likeness (QED) is 0.469. The number of nitro groups is 1. The molecular formula is C15H18N2O4. The van der Waals surface area contributed by atoms with Crippen LogP contribution in [-0.4, -0.2) is 36.6 Å². The fraction of sp³-hybridized carbons (Fsp3) is 0.533. The van der Waals surface area contributed by atoms with Gasteiger partial charge in [0, 0.05) is 36.0 Å². The van der Waals surface area contributed by atoms with E-state index in [0.717, 1.165) is 19.5 Å². The smallest absolute Gasteiger partial charge is 0.316 e. The zero-order valence-electron chi connectivity index (χ0n) is 11.7. The Morgan fingerprint density at radius 3 is 2.81 bits per heavy atom. The van der Waals surface area contributed by atoms with Crippen molar-refractivity contribution >= 4 is 11.7 Å². The summed E-state index contributed by atoms with van der Waals surface area (Å²) in [4.78, 5) is 24.1. The summed E-state index contributed by atoms with van der Waals surface area (Å²) in [6, 6.07) is 9.42. The van der Waals surface area contributed by atoms with Gasteiger partial charge in [-0.25, -0.2) is 0 Å². The molecule has 0 N–H and O–H groups in total. The molecule has 1 aromatic carbocycles. The molecule has 0 spiro atoms. The second-order valence-corrected chi connectivity index (χ2v) is 5.76. The van der Waals surface area contributed by atoms with Gasteiger partial charge in [-0.05, 0) is 18.6 Å². The first kappa shape index (κ1) is 13.9. The Bertz CT molecular complexity index is 534. The number of para-hydroxylation sites is 1. The molecule has 1 aliphatic heterocycles. The second-order valence-electron chi connectivity index (χ2n) is 5.76. The molecule has 2 aliphatic rings. The lowest BCUT2D eigenvalue weighted by Crippen LogP contribution is -2.22. The van der Waals surface area contributed by atoms with Crippen molar-refractivity contribution in [2.24, 2.45) is 11.8 Å². The van der Waals surface area contributed by atoms with Gasteiger partial charge in [-0.2, -0.15) is 0 Å². The summed E-state index contributed by atoms with van der Waals surface area (Å²) in [5, 5.41) is 10.5. The molecule has 1 aliphatic carbocycles. The van der Waals surface area contributed by atoms with Gasteiger partial charge in [0.1, 0.15) is 5.92 Å². The van der Waals surface area contributed by atoms with Crippen molar-refractivity contribution in [1.29, 1.82) is 0 Å². The number of nitrogens with zero attached hydrogens (tertiary/aromatic N) is 2. The minimum atomic E-state index is -0.720. The van der Waals surface area contributed by atoms with E-state index in [4.69, 9.17) is 4.74 Å². The molecule has 0 bridgehead atoms. The number of ether oxygens (including phenoxy) is 1. The molecule has 3 rings (SSSR count). The third kappa shape index (κ3) is 3.15. The highest BCUT2D eigenvalue weighted by Crippen LogP contribution is 2.34. The summed E-state index contributed by atoms with van der Waals surface area (Å²) in [5.41, 5.74) is 1.18. The van der Waals surface area contributed by atoms with Crippen molar-refractivity contribution in [3.05, 3.63) is 40.4 Å². The third-order valence-electron chi connectivity index (χ3n) is 4.20. The highest BCUT2D eigenvalue weighted by Gasteiger charge is 2.54. The highest BCUT2D eigenvalue weighted by atomic mass is 16.6. The molecule has 6 heteroatoms. The monoisotopic (exact) mass is 290 g/mol. The summed E-state index contributed by atoms with van der Waals surface area (Å²) in [7, 11) is 0. The lowest BCUT2D eigenvalue weighted by molar-refractivity contribution is -0.497. The van der Waals surface area contributed by atoms with Crippen LogP contribution in [0, 0.1) is 22.0 Å². The van der Waals surface area contributed by atoms with Crippen LogP contribution >= 0.6 is 0 Å². The van der Waals surface area contributed by atoms with Crippen molar-refractivity contribution in [3.63, 3.8) is 0 Å². The SMILES string of the molecule is O=C(OC[C@@H]1CCN(c2ccccc2)C1)[C@H]1C[C@H]1[N+](=O)[O-]. The Morgan fingerprint density at radius 2 is 2.14 bits per heavy atom. The molecule has 0 aromatic heterocycles. The van der Waals surface area contributed by atoms with Gasteiger partial charge in [-0.1, -0.05) is 18.2 Å². The van der Waals surface area contributed by atoms with E-state index >= 15 is 0 Å². The predicted molar refractivity (Wildman–Crippen MR) is 76.6 cm³/mol. The van der Waals surface area contributed by atoms with Crippen LogP contribution in [0.25, 0.3) is 0 Å². The van der Waals surface area contributed by atoms with Crippen molar-refractivity contribution < 1.29 is 14.5 Å². The van der Waals surface area contributed by atoms with Gasteiger partial charge >= 0.3 is 5.97 Å². The van der Waals surface area contributed by atoms with Gasteiger partial charge in [0.25, 0.3) is 0 Å². The molecule has 1 saturated heterocycles. The molecule has 3 atom stereocenters. The van der Waals surface area contributed by atoms with Gasteiger partial charge in [0.2, 0.25) is 6.04 Å². The standard InChI is InChI=1S/C15H18N2O4/c18-15(13-8-14(13)17(19)20)21-10-11-6-7-16(9-11)12-4-2-1-3-5-12/h1-5,11,13-14H,6-10H2/t11-,13+,14-/m1/s1. The van der Waals surface area contributed by atoms with Crippen LogP contribution in [0.1, 0.15) is 12.8 Å². The normalized spacial score (nSPS) is 27.4. The van der Waals surface area contributed by atoms with Crippen molar-refractivity contribution in [2.75, 3.05) is 24.6 Å². The first-order valence-electron chi connectivity index (χ1n) is 7.25. The van der Waals surface area contributed by atoms with Crippen molar-refractivity contribution in [1.82, 2.24) is 0 Å². The Kier molecular flexibility index (Phi) is 3.77. The molecule has 112 valence electrons. The summed E-state index contributed by atoms with van der Waals surface area (Å²) in [6.07, 6.45) is 1.30. The van der Waals surface area contributed by atoms with Crippen molar-refractivity contribution in [3.8, 4) is 0 Å². The molecule has 2 fully saturated rings. The van der Waals surface area contributed by atoms with Gasteiger partial charge < -0.3 is 9.64 Å². The third-order valence-corrected chi connectivity index (χ3v) is 4.20. The molecule has 0 unspecified atom stereocenters. The molecule has 1 saturated carbocycles. The summed E-state index contributed by atoms with van der Waals surface area (Å²) in [5.74, 6) is -0.622. The first-order chi connectivity index (χ1) is 10.1. The van der Waals surface area contributed by atoms with E-state index < -0.39 is 22.9 Å². The maximum absolute atomic E-state index is 11.7. The second kappa shape index (κ2) is 5.71. The number of rotatable bonds is 5. The van der Waals surface area contributed by atoms with Gasteiger partial charge in [-0.15, -0.1) is 0 Å². The van der Waals surface area contributed by atoms with Crippen LogP contribution in [-0.2, 0) is 9.53 Å². The van der Waals surface area contributed by atoms with E-state index in [1.807, 2.05) is 18.2 Å². The fourth-order valence-corrected chi connectivity index (χ4v) is 2.82. The average molecular weight is 290 g/mol. The summed E-state index contributed by atoms with van der Waals surface area (Å²) >= 11 is 0. The van der Waals surface area contributed by atoms with E-state index in [-0.39, 0.29) is 0 Å². The lowest BCUT2D eigenvalue weighted by atomic mass is 10.1.